The SMILES string of the molecule is O=c1c2cc(C#CCc3ccccc3)ccc2ncn1Cc1ccc(Cl)c(Cl)c1. The summed E-state index contributed by atoms with van der Waals surface area (Å²) in [5, 5.41) is 1.49. The highest BCUT2D eigenvalue weighted by atomic mass is 35.5. The zero-order valence-electron chi connectivity index (χ0n) is 15.4. The van der Waals surface area contributed by atoms with Crippen LogP contribution in [0, 0.1) is 11.8 Å². The van der Waals surface area contributed by atoms with E-state index in [4.69, 9.17) is 23.2 Å². The number of rotatable bonds is 3. The summed E-state index contributed by atoms with van der Waals surface area (Å²) >= 11 is 12.0. The average Bonchev–Trinajstić information content (AvgIpc) is 2.74. The molecule has 0 amide bonds. The maximum absolute atomic E-state index is 12.9. The first-order valence-corrected chi connectivity index (χ1v) is 9.82. The van der Waals surface area contributed by atoms with Crippen molar-refractivity contribution in [2.75, 3.05) is 0 Å². The van der Waals surface area contributed by atoms with Crippen molar-refractivity contribution in [2.45, 2.75) is 13.0 Å². The summed E-state index contributed by atoms with van der Waals surface area (Å²) in [4.78, 5) is 17.4. The maximum Gasteiger partial charge on any atom is 0.261 e. The molecule has 1 heterocycles. The number of aromatic nitrogens is 2. The summed E-state index contributed by atoms with van der Waals surface area (Å²) in [6.07, 6.45) is 2.21. The molecule has 29 heavy (non-hydrogen) atoms. The van der Waals surface area contributed by atoms with Crippen LogP contribution >= 0.6 is 23.2 Å². The first-order chi connectivity index (χ1) is 14.1. The van der Waals surface area contributed by atoms with E-state index in [1.54, 1.807) is 29.1 Å². The summed E-state index contributed by atoms with van der Waals surface area (Å²) in [7, 11) is 0. The Morgan fingerprint density at radius 3 is 2.52 bits per heavy atom. The van der Waals surface area contributed by atoms with Crippen LogP contribution in [0.15, 0.2) is 77.9 Å². The minimum Gasteiger partial charge on any atom is -0.294 e. The highest BCUT2D eigenvalue weighted by Gasteiger charge is 2.07. The van der Waals surface area contributed by atoms with E-state index in [0.717, 1.165) is 16.7 Å². The van der Waals surface area contributed by atoms with Crippen molar-refractivity contribution in [2.24, 2.45) is 0 Å². The summed E-state index contributed by atoms with van der Waals surface area (Å²) in [5.74, 6) is 6.30. The van der Waals surface area contributed by atoms with E-state index in [1.807, 2.05) is 48.5 Å². The van der Waals surface area contributed by atoms with Gasteiger partial charge in [-0.25, -0.2) is 4.98 Å². The Morgan fingerprint density at radius 1 is 0.897 bits per heavy atom. The number of hydrogen-bond donors (Lipinski definition) is 0. The van der Waals surface area contributed by atoms with Crippen molar-refractivity contribution in [3.8, 4) is 11.8 Å². The summed E-state index contributed by atoms with van der Waals surface area (Å²) in [6, 6.07) is 20.9. The molecule has 5 heteroatoms. The van der Waals surface area contributed by atoms with E-state index in [2.05, 4.69) is 16.8 Å². The Kier molecular flexibility index (Phi) is 5.67. The summed E-state index contributed by atoms with van der Waals surface area (Å²) in [5.41, 5.74) is 3.36. The normalized spacial score (nSPS) is 10.6. The number of fused-ring (bicyclic) bond motifs is 1. The van der Waals surface area contributed by atoms with Gasteiger partial charge in [0.25, 0.3) is 5.56 Å². The van der Waals surface area contributed by atoms with Crippen LogP contribution in [-0.2, 0) is 13.0 Å². The van der Waals surface area contributed by atoms with Gasteiger partial charge in [0.2, 0.25) is 0 Å². The van der Waals surface area contributed by atoms with Crippen LogP contribution in [0.3, 0.4) is 0 Å². The molecule has 0 N–H and O–H groups in total. The van der Waals surface area contributed by atoms with E-state index >= 15 is 0 Å². The zero-order chi connectivity index (χ0) is 20.2. The molecule has 0 fully saturated rings. The van der Waals surface area contributed by atoms with Gasteiger partial charge in [-0.1, -0.05) is 71.4 Å². The lowest BCUT2D eigenvalue weighted by Crippen LogP contribution is -2.21. The number of halogens is 2. The molecular formula is C24H16Cl2N2O. The Bertz CT molecular complexity index is 1300. The smallest absolute Gasteiger partial charge is 0.261 e. The number of nitrogens with zero attached hydrogens (tertiary/aromatic N) is 2. The lowest BCUT2D eigenvalue weighted by atomic mass is 10.1. The molecule has 0 aliphatic carbocycles. The molecule has 0 aliphatic heterocycles. The first-order valence-electron chi connectivity index (χ1n) is 9.06. The van der Waals surface area contributed by atoms with Gasteiger partial charge in [-0.05, 0) is 41.5 Å². The molecule has 0 bridgehead atoms. The van der Waals surface area contributed by atoms with E-state index in [1.165, 1.54) is 0 Å². The van der Waals surface area contributed by atoms with E-state index in [9.17, 15) is 4.79 Å². The molecule has 0 unspecified atom stereocenters. The predicted octanol–water partition coefficient (Wildman–Crippen LogP) is 5.35. The van der Waals surface area contributed by atoms with E-state index in [-0.39, 0.29) is 5.56 Å². The van der Waals surface area contributed by atoms with E-state index in [0.29, 0.717) is 33.9 Å². The quantitative estimate of drug-likeness (QED) is 0.420. The molecular weight excluding hydrogens is 403 g/mol. The molecule has 0 spiro atoms. The molecule has 0 aliphatic rings. The third kappa shape index (κ3) is 4.51. The summed E-state index contributed by atoms with van der Waals surface area (Å²) < 4.78 is 1.56. The predicted molar refractivity (Wildman–Crippen MR) is 119 cm³/mol. The largest absolute Gasteiger partial charge is 0.294 e. The van der Waals surface area contributed by atoms with Crippen molar-refractivity contribution >= 4 is 34.1 Å². The lowest BCUT2D eigenvalue weighted by Gasteiger charge is -2.08. The van der Waals surface area contributed by atoms with Gasteiger partial charge in [0.05, 0.1) is 33.8 Å². The topological polar surface area (TPSA) is 34.9 Å². The molecule has 1 aromatic heterocycles. The van der Waals surface area contributed by atoms with E-state index < -0.39 is 0 Å². The number of hydrogen-bond acceptors (Lipinski definition) is 2. The fourth-order valence-electron chi connectivity index (χ4n) is 3.03. The second-order valence-electron chi connectivity index (χ2n) is 6.62. The zero-order valence-corrected chi connectivity index (χ0v) is 16.9. The molecule has 3 nitrogen and oxygen atoms in total. The highest BCUT2D eigenvalue weighted by Crippen LogP contribution is 2.23. The van der Waals surface area contributed by atoms with Crippen molar-refractivity contribution < 1.29 is 0 Å². The van der Waals surface area contributed by atoms with Gasteiger partial charge in [0.1, 0.15) is 0 Å². The standard InChI is InChI=1S/C24H16Cl2N2O/c25-21-11-9-19(14-22(21)26)15-28-16-27-23-12-10-18(13-20(23)24(28)29)8-4-7-17-5-2-1-3-6-17/h1-3,5-6,9-14,16H,7,15H2. The van der Waals surface area contributed by atoms with Crippen LogP contribution in [0.25, 0.3) is 10.9 Å². The molecule has 0 saturated heterocycles. The second kappa shape index (κ2) is 8.53. The maximum atomic E-state index is 12.9. The minimum atomic E-state index is -0.118. The summed E-state index contributed by atoms with van der Waals surface area (Å²) in [6.45, 7) is 0.364. The van der Waals surface area contributed by atoms with Crippen molar-refractivity contribution in [3.05, 3.63) is 110 Å². The molecule has 0 radical (unpaired) electrons. The monoisotopic (exact) mass is 418 g/mol. The van der Waals surface area contributed by atoms with Crippen LogP contribution in [0.4, 0.5) is 0 Å². The Labute approximate surface area is 178 Å². The Morgan fingerprint density at radius 2 is 1.72 bits per heavy atom. The fourth-order valence-corrected chi connectivity index (χ4v) is 3.35. The molecule has 4 rings (SSSR count). The Balaban J connectivity index is 1.63. The van der Waals surface area contributed by atoms with Crippen LogP contribution in [0.5, 0.6) is 0 Å². The van der Waals surface area contributed by atoms with Gasteiger partial charge in [-0.2, -0.15) is 0 Å². The van der Waals surface area contributed by atoms with Crippen LogP contribution in [0.1, 0.15) is 16.7 Å². The first kappa shape index (κ1) is 19.3. The molecule has 142 valence electrons. The highest BCUT2D eigenvalue weighted by molar-refractivity contribution is 6.42. The second-order valence-corrected chi connectivity index (χ2v) is 7.44. The minimum absolute atomic E-state index is 0.118. The number of benzene rings is 3. The third-order valence-electron chi connectivity index (χ3n) is 4.53. The van der Waals surface area contributed by atoms with Gasteiger partial charge in [0.15, 0.2) is 0 Å². The van der Waals surface area contributed by atoms with Gasteiger partial charge < -0.3 is 0 Å². The average molecular weight is 419 g/mol. The van der Waals surface area contributed by atoms with Crippen LogP contribution < -0.4 is 5.56 Å². The lowest BCUT2D eigenvalue weighted by molar-refractivity contribution is 0.748. The molecule has 0 atom stereocenters. The van der Waals surface area contributed by atoms with Gasteiger partial charge in [-0.3, -0.25) is 9.36 Å². The molecule has 0 saturated carbocycles. The van der Waals surface area contributed by atoms with Crippen molar-refractivity contribution in [1.29, 1.82) is 0 Å². The Hall–Kier alpha value is -3.06. The third-order valence-corrected chi connectivity index (χ3v) is 5.27. The molecule has 4 aromatic rings. The van der Waals surface area contributed by atoms with Gasteiger partial charge in [0, 0.05) is 12.0 Å². The van der Waals surface area contributed by atoms with Gasteiger partial charge in [-0.15, -0.1) is 0 Å². The van der Waals surface area contributed by atoms with Crippen molar-refractivity contribution in [1.82, 2.24) is 9.55 Å². The fraction of sp³-hybridized carbons (Fsp3) is 0.0833. The van der Waals surface area contributed by atoms with Crippen molar-refractivity contribution in [3.63, 3.8) is 0 Å². The van der Waals surface area contributed by atoms with Crippen LogP contribution in [-0.4, -0.2) is 9.55 Å². The molecule has 3 aromatic carbocycles. The van der Waals surface area contributed by atoms with Crippen LogP contribution in [0.2, 0.25) is 10.0 Å². The van der Waals surface area contributed by atoms with Gasteiger partial charge >= 0.3 is 0 Å².